The molecular weight excluding hydrogens is 580 g/mol. The van der Waals surface area contributed by atoms with Crippen molar-refractivity contribution in [2.45, 2.75) is 32.6 Å². The van der Waals surface area contributed by atoms with E-state index in [4.69, 9.17) is 11.6 Å². The van der Waals surface area contributed by atoms with E-state index in [-0.39, 0.29) is 48.0 Å². The van der Waals surface area contributed by atoms with Gasteiger partial charge in [0.05, 0.1) is 34.5 Å². The molecule has 9 heteroatoms. The van der Waals surface area contributed by atoms with Gasteiger partial charge < -0.3 is 5.11 Å². The second-order valence-corrected chi connectivity index (χ2v) is 12.8. The number of phenolic OH excluding ortho intramolecular Hbond substituents is 1. The summed E-state index contributed by atoms with van der Waals surface area (Å²) >= 11 is 6.42. The minimum absolute atomic E-state index is 0.0672. The van der Waals surface area contributed by atoms with Gasteiger partial charge in [0.15, 0.2) is 5.78 Å². The number of fused-ring (bicyclic) bond motifs is 4. The highest BCUT2D eigenvalue weighted by molar-refractivity contribution is 6.30. The molecule has 0 spiro atoms. The van der Waals surface area contributed by atoms with Gasteiger partial charge in [-0.25, -0.2) is 4.90 Å². The predicted octanol–water partition coefficient (Wildman–Crippen LogP) is 5.68. The van der Waals surface area contributed by atoms with Crippen LogP contribution in [-0.4, -0.2) is 34.5 Å². The van der Waals surface area contributed by atoms with Crippen LogP contribution in [0.1, 0.15) is 48.5 Å². The smallest absolute Gasteiger partial charge is 0.241 e. The highest BCUT2D eigenvalue weighted by Crippen LogP contribution is 2.64. The van der Waals surface area contributed by atoms with E-state index in [1.807, 2.05) is 6.08 Å². The molecule has 4 amide bonds. The van der Waals surface area contributed by atoms with Crippen LogP contribution >= 0.6 is 11.6 Å². The van der Waals surface area contributed by atoms with Crippen LogP contribution in [0, 0.1) is 29.1 Å². The lowest BCUT2D eigenvalue weighted by atomic mass is 9.51. The molecule has 0 aromatic heterocycles. The van der Waals surface area contributed by atoms with Gasteiger partial charge in [-0.1, -0.05) is 41.4 Å². The van der Waals surface area contributed by atoms with Gasteiger partial charge in [0.2, 0.25) is 23.6 Å². The van der Waals surface area contributed by atoms with Crippen molar-refractivity contribution in [1.82, 2.24) is 0 Å². The van der Waals surface area contributed by atoms with E-state index in [0.29, 0.717) is 27.5 Å². The summed E-state index contributed by atoms with van der Waals surface area (Å²) in [5.74, 6) is -5.15. The third-order valence-electron chi connectivity index (χ3n) is 10.1. The largest absolute Gasteiger partial charge is 0.508 e. The minimum atomic E-state index is -1.28. The van der Waals surface area contributed by atoms with Crippen molar-refractivity contribution in [1.29, 1.82) is 0 Å². The molecule has 3 aromatic rings. The second kappa shape index (κ2) is 9.99. The predicted molar refractivity (Wildman–Crippen MR) is 163 cm³/mol. The number of allylic oxidation sites excluding steroid dienone is 2. The number of halogens is 1. The number of hydrogen-bond acceptors (Lipinski definition) is 6. The lowest BCUT2D eigenvalue weighted by Crippen LogP contribution is -2.48. The van der Waals surface area contributed by atoms with E-state index >= 15 is 0 Å². The Balaban J connectivity index is 1.36. The second-order valence-electron chi connectivity index (χ2n) is 12.3. The maximum Gasteiger partial charge on any atom is 0.241 e. The number of imide groups is 2. The standard InChI is InChI=1S/C35H29ClN2O6/c1-18(39)19-8-11-22(12-9-19)37-31(41)24-14-13-23-25(29(24)33(37)43)17-27-32(42)38(21-6-4-3-5-7-21)34(44)35(27,2)30(23)26-16-20(36)10-15-28(26)40/h3-13,15-16,24-25,27,29-30,40H,14,17H2,1-2H3. The molecule has 1 saturated carbocycles. The lowest BCUT2D eigenvalue weighted by Gasteiger charge is -2.49. The number of rotatable bonds is 4. The summed E-state index contributed by atoms with van der Waals surface area (Å²) in [4.78, 5) is 70.7. The Morgan fingerprint density at radius 3 is 2.23 bits per heavy atom. The van der Waals surface area contributed by atoms with Crippen molar-refractivity contribution in [3.8, 4) is 5.75 Å². The fraction of sp³-hybridized carbons (Fsp3) is 0.286. The van der Waals surface area contributed by atoms with Crippen molar-refractivity contribution in [3.05, 3.63) is 101 Å². The third-order valence-corrected chi connectivity index (χ3v) is 10.4. The number of carbonyl (C=O) groups excluding carboxylic acids is 5. The zero-order valence-electron chi connectivity index (χ0n) is 24.1. The van der Waals surface area contributed by atoms with Gasteiger partial charge in [0, 0.05) is 22.1 Å². The van der Waals surface area contributed by atoms with E-state index in [0.717, 1.165) is 5.57 Å². The van der Waals surface area contributed by atoms with Crippen molar-refractivity contribution >= 4 is 52.4 Å². The molecule has 6 atom stereocenters. The van der Waals surface area contributed by atoms with Crippen LogP contribution in [0.2, 0.25) is 5.02 Å². The number of amides is 4. The molecule has 222 valence electrons. The summed E-state index contributed by atoms with van der Waals surface area (Å²) in [5.41, 5.74) is 1.19. The molecule has 3 aromatic carbocycles. The first-order chi connectivity index (χ1) is 21.0. The van der Waals surface area contributed by atoms with Crippen molar-refractivity contribution in [2.24, 2.45) is 29.1 Å². The first-order valence-corrected chi connectivity index (χ1v) is 15.0. The highest BCUT2D eigenvalue weighted by Gasteiger charge is 2.68. The van der Waals surface area contributed by atoms with Crippen LogP contribution in [0.5, 0.6) is 5.75 Å². The Kier molecular flexibility index (Phi) is 6.41. The molecule has 3 fully saturated rings. The Morgan fingerprint density at radius 2 is 1.55 bits per heavy atom. The molecule has 1 N–H and O–H groups in total. The average Bonchev–Trinajstić information content (AvgIpc) is 3.38. The molecule has 2 aliphatic heterocycles. The van der Waals surface area contributed by atoms with E-state index in [2.05, 4.69) is 0 Å². The van der Waals surface area contributed by atoms with E-state index in [1.54, 1.807) is 73.7 Å². The number of carbonyl (C=O) groups is 5. The van der Waals surface area contributed by atoms with Crippen LogP contribution in [-0.2, 0) is 19.2 Å². The zero-order valence-corrected chi connectivity index (χ0v) is 24.8. The molecule has 7 rings (SSSR count). The Labute approximate surface area is 258 Å². The summed E-state index contributed by atoms with van der Waals surface area (Å²) < 4.78 is 0. The summed E-state index contributed by atoms with van der Waals surface area (Å²) in [6.45, 7) is 3.21. The van der Waals surface area contributed by atoms with E-state index in [9.17, 15) is 29.1 Å². The summed E-state index contributed by atoms with van der Waals surface area (Å²) in [6, 6.07) is 19.8. The van der Waals surface area contributed by atoms with E-state index in [1.165, 1.54) is 22.8 Å². The summed E-state index contributed by atoms with van der Waals surface area (Å²) in [5, 5.41) is 11.5. The SMILES string of the molecule is CC(=O)c1ccc(N2C(=O)C3CC=C4C(CC5C(=O)N(c6ccccc6)C(=O)C5(C)C4c4cc(Cl)ccc4O)C3C2=O)cc1. The molecule has 0 radical (unpaired) electrons. The van der Waals surface area contributed by atoms with Gasteiger partial charge in [-0.3, -0.25) is 28.9 Å². The minimum Gasteiger partial charge on any atom is -0.508 e. The van der Waals surface area contributed by atoms with Gasteiger partial charge in [0.1, 0.15) is 5.75 Å². The number of benzene rings is 3. The van der Waals surface area contributed by atoms with Gasteiger partial charge in [-0.15, -0.1) is 0 Å². The van der Waals surface area contributed by atoms with Crippen LogP contribution in [0.4, 0.5) is 11.4 Å². The first kappa shape index (κ1) is 28.2. The molecule has 2 saturated heterocycles. The van der Waals surface area contributed by atoms with E-state index < -0.39 is 35.0 Å². The van der Waals surface area contributed by atoms with Gasteiger partial charge in [0.25, 0.3) is 0 Å². The average molecular weight is 609 g/mol. The fourth-order valence-corrected chi connectivity index (χ4v) is 8.22. The van der Waals surface area contributed by atoms with Gasteiger partial charge in [-0.05, 0) is 87.2 Å². The van der Waals surface area contributed by atoms with Crippen molar-refractivity contribution in [3.63, 3.8) is 0 Å². The van der Waals surface area contributed by atoms with Gasteiger partial charge >= 0.3 is 0 Å². The molecule has 44 heavy (non-hydrogen) atoms. The van der Waals surface area contributed by atoms with Crippen LogP contribution in [0.25, 0.3) is 0 Å². The van der Waals surface area contributed by atoms with Crippen LogP contribution in [0.15, 0.2) is 84.4 Å². The Hall–Kier alpha value is -4.56. The van der Waals surface area contributed by atoms with Crippen LogP contribution in [0.3, 0.4) is 0 Å². The maximum atomic E-state index is 14.4. The normalized spacial score (nSPS) is 29.3. The topological polar surface area (TPSA) is 112 Å². The summed E-state index contributed by atoms with van der Waals surface area (Å²) in [7, 11) is 0. The number of nitrogens with zero attached hydrogens (tertiary/aromatic N) is 2. The molecule has 6 unspecified atom stereocenters. The van der Waals surface area contributed by atoms with Crippen molar-refractivity contribution < 1.29 is 29.1 Å². The van der Waals surface area contributed by atoms with Gasteiger partial charge in [-0.2, -0.15) is 0 Å². The molecule has 2 heterocycles. The first-order valence-electron chi connectivity index (χ1n) is 14.6. The highest BCUT2D eigenvalue weighted by atomic mass is 35.5. The van der Waals surface area contributed by atoms with Crippen molar-refractivity contribution in [2.75, 3.05) is 9.80 Å². The zero-order chi connectivity index (χ0) is 31.1. The Bertz CT molecular complexity index is 1800. The molecule has 0 bridgehead atoms. The molecule has 2 aliphatic carbocycles. The maximum absolute atomic E-state index is 14.4. The number of para-hydroxylation sites is 1. The molecule has 8 nitrogen and oxygen atoms in total. The Morgan fingerprint density at radius 1 is 0.864 bits per heavy atom. The number of Topliss-reactive ketones (excluding diaryl/α,β-unsaturated/α-hetero) is 1. The number of hydrogen-bond donors (Lipinski definition) is 1. The number of anilines is 2. The quantitative estimate of drug-likeness (QED) is 0.232. The number of phenols is 1. The number of ketones is 1. The summed E-state index contributed by atoms with van der Waals surface area (Å²) in [6.07, 6.45) is 2.40. The van der Waals surface area contributed by atoms with Crippen LogP contribution < -0.4 is 9.80 Å². The monoisotopic (exact) mass is 608 g/mol. The third kappa shape index (κ3) is 3.86. The molecule has 4 aliphatic rings. The number of aromatic hydroxyl groups is 1. The lowest BCUT2D eigenvalue weighted by molar-refractivity contribution is -0.131. The molecular formula is C35H29ClN2O6. The fourth-order valence-electron chi connectivity index (χ4n) is 8.04.